The number of hydrogen-bond donors (Lipinski definition) is 1. The summed E-state index contributed by atoms with van der Waals surface area (Å²) >= 11 is 0. The first-order valence-electron chi connectivity index (χ1n) is 6.92. The average molecular weight is 304 g/mol. The molecule has 112 valence electrons. The molecule has 2 rings (SSSR count). The molecule has 0 spiro atoms. The van der Waals surface area contributed by atoms with Gasteiger partial charge in [0.05, 0.1) is 10.6 Å². The summed E-state index contributed by atoms with van der Waals surface area (Å²) in [6.45, 7) is 2.05. The zero-order chi connectivity index (χ0) is 15.5. The van der Waals surface area contributed by atoms with Crippen LogP contribution in [0.25, 0.3) is 11.3 Å². The number of nitrogens with two attached hydrogens (primary N) is 1. The van der Waals surface area contributed by atoms with Gasteiger partial charge >= 0.3 is 0 Å². The van der Waals surface area contributed by atoms with Gasteiger partial charge in [0, 0.05) is 30.0 Å². The lowest BCUT2D eigenvalue weighted by Gasteiger charge is -2.09. The molecule has 4 nitrogen and oxygen atoms in total. The fourth-order valence-electron chi connectivity index (χ4n) is 2.04. The highest BCUT2D eigenvalue weighted by Crippen LogP contribution is 2.20. The van der Waals surface area contributed by atoms with E-state index in [9.17, 15) is 8.42 Å². The molecule has 2 N–H and O–H groups in total. The lowest BCUT2D eigenvalue weighted by molar-refractivity contribution is 0.602. The summed E-state index contributed by atoms with van der Waals surface area (Å²) in [4.78, 5) is 4.91. The highest BCUT2D eigenvalue weighted by Gasteiger charge is 2.08. The Morgan fingerprint density at radius 2 is 1.81 bits per heavy atom. The number of aromatic nitrogens is 1. The van der Waals surface area contributed by atoms with Gasteiger partial charge in [-0.05, 0) is 30.7 Å². The average Bonchev–Trinajstić information content (AvgIpc) is 2.46. The van der Waals surface area contributed by atoms with Crippen molar-refractivity contribution in [2.75, 3.05) is 6.26 Å². The molecule has 0 aliphatic heterocycles. The van der Waals surface area contributed by atoms with E-state index in [1.807, 2.05) is 18.2 Å². The Morgan fingerprint density at radius 1 is 1.14 bits per heavy atom. The molecule has 0 bridgehead atoms. The maximum Gasteiger partial charge on any atom is 0.175 e. The molecule has 5 heteroatoms. The van der Waals surface area contributed by atoms with Crippen molar-refractivity contribution in [1.82, 2.24) is 4.98 Å². The van der Waals surface area contributed by atoms with Gasteiger partial charge in [0.25, 0.3) is 0 Å². The fourth-order valence-corrected chi connectivity index (χ4v) is 2.67. The van der Waals surface area contributed by atoms with Crippen LogP contribution in [0.3, 0.4) is 0 Å². The Labute approximate surface area is 125 Å². The number of pyridine rings is 1. The van der Waals surface area contributed by atoms with Crippen molar-refractivity contribution >= 4 is 9.84 Å². The van der Waals surface area contributed by atoms with Gasteiger partial charge in [-0.15, -0.1) is 0 Å². The second-order valence-electron chi connectivity index (χ2n) is 5.18. The van der Waals surface area contributed by atoms with Crippen molar-refractivity contribution in [3.63, 3.8) is 0 Å². The lowest BCUT2D eigenvalue weighted by Crippen LogP contribution is -2.21. The monoisotopic (exact) mass is 304 g/mol. The lowest BCUT2D eigenvalue weighted by atomic mass is 10.1. The van der Waals surface area contributed by atoms with Crippen LogP contribution in [0.1, 0.15) is 19.0 Å². The van der Waals surface area contributed by atoms with Crippen LogP contribution >= 0.6 is 0 Å². The molecule has 0 aliphatic carbocycles. The van der Waals surface area contributed by atoms with E-state index in [0.717, 1.165) is 29.8 Å². The minimum atomic E-state index is -3.17. The normalized spacial score (nSPS) is 13.1. The van der Waals surface area contributed by atoms with Gasteiger partial charge < -0.3 is 5.73 Å². The van der Waals surface area contributed by atoms with Crippen molar-refractivity contribution in [2.24, 2.45) is 5.73 Å². The van der Waals surface area contributed by atoms with Crippen LogP contribution in [0.15, 0.2) is 47.4 Å². The molecule has 21 heavy (non-hydrogen) atoms. The second-order valence-corrected chi connectivity index (χ2v) is 7.20. The van der Waals surface area contributed by atoms with Crippen molar-refractivity contribution < 1.29 is 8.42 Å². The molecule has 1 atom stereocenters. The molecule has 1 aromatic carbocycles. The van der Waals surface area contributed by atoms with E-state index in [2.05, 4.69) is 11.9 Å². The van der Waals surface area contributed by atoms with Crippen LogP contribution in [0.5, 0.6) is 0 Å². The molecular weight excluding hydrogens is 284 g/mol. The molecule has 0 radical (unpaired) electrons. The van der Waals surface area contributed by atoms with E-state index < -0.39 is 9.84 Å². The summed E-state index contributed by atoms with van der Waals surface area (Å²) in [5, 5.41) is 0. The predicted molar refractivity (Wildman–Crippen MR) is 84.8 cm³/mol. The van der Waals surface area contributed by atoms with Gasteiger partial charge in [0.2, 0.25) is 0 Å². The molecule has 1 aromatic heterocycles. The molecule has 0 aliphatic rings. The number of benzene rings is 1. The van der Waals surface area contributed by atoms with E-state index in [-0.39, 0.29) is 6.04 Å². The summed E-state index contributed by atoms with van der Waals surface area (Å²) in [6.07, 6.45) is 2.85. The van der Waals surface area contributed by atoms with Crippen molar-refractivity contribution in [1.29, 1.82) is 0 Å². The van der Waals surface area contributed by atoms with Gasteiger partial charge in [-0.1, -0.05) is 25.1 Å². The van der Waals surface area contributed by atoms with Crippen LogP contribution in [0, 0.1) is 0 Å². The minimum absolute atomic E-state index is 0.111. The van der Waals surface area contributed by atoms with Crippen molar-refractivity contribution in [3.8, 4) is 11.3 Å². The van der Waals surface area contributed by atoms with Crippen LogP contribution in [0.4, 0.5) is 0 Å². The van der Waals surface area contributed by atoms with E-state index in [4.69, 9.17) is 5.73 Å². The molecule has 0 fully saturated rings. The summed E-state index contributed by atoms with van der Waals surface area (Å²) < 4.78 is 22.9. The SMILES string of the molecule is CCC(N)Cc1cccc(-c2ccc(S(C)(=O)=O)cc2)n1. The Bertz CT molecular complexity index is 709. The zero-order valence-corrected chi connectivity index (χ0v) is 13.1. The summed E-state index contributed by atoms with van der Waals surface area (Å²) in [5.41, 5.74) is 8.63. The van der Waals surface area contributed by atoms with Gasteiger partial charge in [-0.3, -0.25) is 4.98 Å². The third-order valence-corrected chi connectivity index (χ3v) is 4.51. The predicted octanol–water partition coefficient (Wildman–Crippen LogP) is 2.43. The van der Waals surface area contributed by atoms with E-state index in [1.54, 1.807) is 24.3 Å². The number of hydrogen-bond acceptors (Lipinski definition) is 4. The van der Waals surface area contributed by atoms with Crippen molar-refractivity contribution in [3.05, 3.63) is 48.2 Å². The van der Waals surface area contributed by atoms with E-state index >= 15 is 0 Å². The topological polar surface area (TPSA) is 73.1 Å². The van der Waals surface area contributed by atoms with Crippen LogP contribution in [-0.2, 0) is 16.3 Å². The highest BCUT2D eigenvalue weighted by molar-refractivity contribution is 7.90. The number of rotatable bonds is 5. The fraction of sp³-hybridized carbons (Fsp3) is 0.312. The number of nitrogens with zero attached hydrogens (tertiary/aromatic N) is 1. The molecule has 0 saturated carbocycles. The molecule has 1 heterocycles. The zero-order valence-electron chi connectivity index (χ0n) is 12.3. The first-order chi connectivity index (χ1) is 9.90. The number of sulfone groups is 1. The van der Waals surface area contributed by atoms with Crippen LogP contribution in [-0.4, -0.2) is 25.7 Å². The van der Waals surface area contributed by atoms with E-state index in [0.29, 0.717) is 4.90 Å². The maximum absolute atomic E-state index is 11.5. The third-order valence-electron chi connectivity index (χ3n) is 3.38. The summed E-state index contributed by atoms with van der Waals surface area (Å²) in [7, 11) is -3.17. The third kappa shape index (κ3) is 4.12. The quantitative estimate of drug-likeness (QED) is 0.920. The summed E-state index contributed by atoms with van der Waals surface area (Å²) in [5.74, 6) is 0. The van der Waals surface area contributed by atoms with E-state index in [1.165, 1.54) is 6.26 Å². The smallest absolute Gasteiger partial charge is 0.175 e. The van der Waals surface area contributed by atoms with Gasteiger partial charge in [-0.2, -0.15) is 0 Å². The summed E-state index contributed by atoms with van der Waals surface area (Å²) in [6, 6.07) is 12.7. The molecular formula is C16H20N2O2S. The second kappa shape index (κ2) is 6.37. The first kappa shape index (κ1) is 15.7. The van der Waals surface area contributed by atoms with Crippen molar-refractivity contribution in [2.45, 2.75) is 30.7 Å². The Morgan fingerprint density at radius 3 is 2.38 bits per heavy atom. The van der Waals surface area contributed by atoms with Gasteiger partial charge in [0.1, 0.15) is 0 Å². The Hall–Kier alpha value is -1.72. The Kier molecular flexibility index (Phi) is 4.75. The van der Waals surface area contributed by atoms with Gasteiger partial charge in [0.15, 0.2) is 9.84 Å². The highest BCUT2D eigenvalue weighted by atomic mass is 32.2. The molecule has 2 aromatic rings. The van der Waals surface area contributed by atoms with Gasteiger partial charge in [-0.25, -0.2) is 8.42 Å². The van der Waals surface area contributed by atoms with Crippen LogP contribution in [0.2, 0.25) is 0 Å². The first-order valence-corrected chi connectivity index (χ1v) is 8.81. The molecule has 0 saturated heterocycles. The largest absolute Gasteiger partial charge is 0.327 e. The minimum Gasteiger partial charge on any atom is -0.327 e. The molecule has 0 amide bonds. The van der Waals surface area contributed by atoms with Crippen LogP contribution < -0.4 is 5.73 Å². The molecule has 1 unspecified atom stereocenters. The maximum atomic E-state index is 11.5. The Balaban J connectivity index is 2.28. The standard InChI is InChI=1S/C16H20N2O2S/c1-3-13(17)11-14-5-4-6-16(18-14)12-7-9-15(10-8-12)21(2,19)20/h4-10,13H,3,11,17H2,1-2H3.